The summed E-state index contributed by atoms with van der Waals surface area (Å²) in [5, 5.41) is 11.3. The maximum Gasteiger partial charge on any atom is 0.253 e. The molecule has 4 aliphatic rings. The molecule has 0 bridgehead atoms. The van der Waals surface area contributed by atoms with Crippen molar-refractivity contribution in [2.24, 2.45) is 11.8 Å². The van der Waals surface area contributed by atoms with Crippen molar-refractivity contribution in [1.29, 1.82) is 0 Å². The largest absolute Gasteiger partial charge is 0.394 e. The number of amides is 3. The topological polar surface area (TPSA) is 90.4 Å². The molecule has 7 rings (SSSR count). The van der Waals surface area contributed by atoms with Gasteiger partial charge < -0.3 is 24.5 Å². The summed E-state index contributed by atoms with van der Waals surface area (Å²) in [5.74, 6) is -2.97. The monoisotopic (exact) mass is 637 g/mol. The van der Waals surface area contributed by atoms with E-state index in [9.17, 15) is 9.90 Å². The second kappa shape index (κ2) is 11.5. The van der Waals surface area contributed by atoms with Gasteiger partial charge in [0.05, 0.1) is 40.8 Å². The molecule has 9 heteroatoms. The van der Waals surface area contributed by atoms with Gasteiger partial charge in [-0.05, 0) is 42.7 Å². The first-order valence-corrected chi connectivity index (χ1v) is 16.1. The number of benzene rings is 3. The summed E-state index contributed by atoms with van der Waals surface area (Å²) in [6, 6.07) is 22.0. The van der Waals surface area contributed by atoms with Crippen LogP contribution >= 0.6 is 11.6 Å². The zero-order chi connectivity index (χ0) is 32.2. The highest BCUT2D eigenvalue weighted by atomic mass is 35.5. The first-order chi connectivity index (χ1) is 22.3. The number of aliphatic hydroxyl groups excluding tert-OH is 1. The van der Waals surface area contributed by atoms with Crippen molar-refractivity contribution in [1.82, 2.24) is 4.90 Å². The van der Waals surface area contributed by atoms with Crippen molar-refractivity contribution >= 4 is 40.7 Å². The number of carbonyl (C=O) groups excluding carboxylic acids is 3. The number of nitrogens with zero attached hydrogens (tertiary/aromatic N) is 3. The summed E-state index contributed by atoms with van der Waals surface area (Å²) in [7, 11) is 0. The Morgan fingerprint density at radius 1 is 0.848 bits per heavy atom. The maximum absolute atomic E-state index is 15.1. The van der Waals surface area contributed by atoms with Gasteiger partial charge in [-0.1, -0.05) is 103 Å². The number of carbonyl (C=O) groups is 3. The van der Waals surface area contributed by atoms with Gasteiger partial charge in [-0.3, -0.25) is 14.4 Å². The summed E-state index contributed by atoms with van der Waals surface area (Å²) in [6.45, 7) is 3.92. The van der Waals surface area contributed by atoms with Crippen molar-refractivity contribution in [3.63, 3.8) is 0 Å². The molecular weight excluding hydrogens is 602 g/mol. The second-order valence-electron chi connectivity index (χ2n) is 12.4. The number of fused-ring (bicyclic) bond motifs is 2. The summed E-state index contributed by atoms with van der Waals surface area (Å²) < 4.78 is 7.13. The standard InChI is InChI=1S/C37H36ClN3O5/c1-3-36-19-11-21-39(26-16-8-5-9-17-26)33(43)29(36)30-34(44)41(28(23-42)25-14-6-4-7-15-25)32-35(45)40(22-12-20-37(30,32)46-36)31-24(2)13-10-18-27(31)38/h4-20,28-30,32,42H,3,21-23H2,1-2H3/t28-,29-,30+,32?,36+,37+/m1/s1. The predicted molar refractivity (Wildman–Crippen MR) is 176 cm³/mol. The highest BCUT2D eigenvalue weighted by Crippen LogP contribution is 2.60. The van der Waals surface area contributed by atoms with E-state index in [-0.39, 0.29) is 18.4 Å². The highest BCUT2D eigenvalue weighted by molar-refractivity contribution is 6.34. The maximum atomic E-state index is 15.1. The average Bonchev–Trinajstić information content (AvgIpc) is 3.36. The SMILES string of the molecule is CC[C@]12C=CCN(c3ccccc3)C(=O)[C@H]1[C@H]1C(=O)N([C@H](CO)c3ccccc3)C3C(=O)N(c4c(C)cccc4Cl)CC=C[C@@]31O2. The molecule has 46 heavy (non-hydrogen) atoms. The van der Waals surface area contributed by atoms with Gasteiger partial charge in [-0.2, -0.15) is 0 Å². The zero-order valence-electron chi connectivity index (χ0n) is 25.8. The molecule has 1 spiro atoms. The quantitative estimate of drug-likeness (QED) is 0.373. The number of aliphatic hydroxyl groups is 1. The molecule has 1 unspecified atom stereocenters. The molecule has 236 valence electrons. The highest BCUT2D eigenvalue weighted by Gasteiger charge is 2.76. The van der Waals surface area contributed by atoms with E-state index in [1.165, 1.54) is 4.90 Å². The molecule has 1 N–H and O–H groups in total. The van der Waals surface area contributed by atoms with E-state index in [0.29, 0.717) is 34.9 Å². The molecule has 0 aliphatic carbocycles. The molecule has 4 aliphatic heterocycles. The number of ether oxygens (including phenoxy) is 1. The van der Waals surface area contributed by atoms with Gasteiger partial charge in [0.2, 0.25) is 11.8 Å². The molecule has 8 nitrogen and oxygen atoms in total. The lowest BCUT2D eigenvalue weighted by atomic mass is 9.73. The van der Waals surface area contributed by atoms with Crippen LogP contribution in [0.15, 0.2) is 103 Å². The Bertz CT molecular complexity index is 1730. The molecule has 3 aromatic rings. The molecule has 0 saturated carbocycles. The number of anilines is 2. The lowest BCUT2D eigenvalue weighted by Gasteiger charge is -2.41. The minimum absolute atomic E-state index is 0.193. The van der Waals surface area contributed by atoms with Crippen LogP contribution in [0, 0.1) is 18.8 Å². The van der Waals surface area contributed by atoms with Crippen molar-refractivity contribution < 1.29 is 24.2 Å². The summed E-state index contributed by atoms with van der Waals surface area (Å²) in [6.07, 6.45) is 7.92. The second-order valence-corrected chi connectivity index (χ2v) is 12.8. The third-order valence-electron chi connectivity index (χ3n) is 10.1. The van der Waals surface area contributed by atoms with E-state index in [4.69, 9.17) is 16.3 Å². The third-order valence-corrected chi connectivity index (χ3v) is 10.4. The van der Waals surface area contributed by atoms with Gasteiger partial charge in [-0.25, -0.2) is 0 Å². The van der Waals surface area contributed by atoms with Crippen LogP contribution in [-0.2, 0) is 19.1 Å². The smallest absolute Gasteiger partial charge is 0.253 e. The normalized spacial score (nSPS) is 29.3. The van der Waals surface area contributed by atoms with E-state index >= 15 is 9.59 Å². The van der Waals surface area contributed by atoms with Gasteiger partial charge in [-0.15, -0.1) is 0 Å². The van der Waals surface area contributed by atoms with Crippen LogP contribution in [0.1, 0.15) is 30.5 Å². The molecule has 3 aromatic carbocycles. The van der Waals surface area contributed by atoms with Gasteiger partial charge in [0, 0.05) is 18.8 Å². The van der Waals surface area contributed by atoms with E-state index in [1.807, 2.05) is 111 Å². The summed E-state index contributed by atoms with van der Waals surface area (Å²) in [4.78, 5) is 49.7. The first-order valence-electron chi connectivity index (χ1n) is 15.7. The van der Waals surface area contributed by atoms with E-state index in [2.05, 4.69) is 0 Å². The van der Waals surface area contributed by atoms with Crippen molar-refractivity contribution in [2.75, 3.05) is 29.5 Å². The Morgan fingerprint density at radius 3 is 2.20 bits per heavy atom. The zero-order valence-corrected chi connectivity index (χ0v) is 26.5. The minimum Gasteiger partial charge on any atom is -0.394 e. The Morgan fingerprint density at radius 2 is 1.52 bits per heavy atom. The molecule has 2 fully saturated rings. The van der Waals surface area contributed by atoms with Crippen LogP contribution in [-0.4, -0.2) is 64.7 Å². The van der Waals surface area contributed by atoms with Crippen molar-refractivity contribution in [3.05, 3.63) is 119 Å². The predicted octanol–water partition coefficient (Wildman–Crippen LogP) is 5.25. The number of hydrogen-bond acceptors (Lipinski definition) is 5. The van der Waals surface area contributed by atoms with Crippen molar-refractivity contribution in [3.8, 4) is 0 Å². The Labute approximate surface area is 273 Å². The molecule has 2 saturated heterocycles. The minimum atomic E-state index is -1.49. The van der Waals surface area contributed by atoms with Gasteiger partial charge >= 0.3 is 0 Å². The average molecular weight is 638 g/mol. The Kier molecular flexibility index (Phi) is 7.62. The lowest BCUT2D eigenvalue weighted by molar-refractivity contribution is -0.149. The number of hydrogen-bond donors (Lipinski definition) is 1. The van der Waals surface area contributed by atoms with Crippen LogP contribution in [0.5, 0.6) is 0 Å². The van der Waals surface area contributed by atoms with Crippen LogP contribution in [0.2, 0.25) is 5.02 Å². The van der Waals surface area contributed by atoms with Gasteiger partial charge in [0.15, 0.2) is 0 Å². The van der Waals surface area contributed by atoms with E-state index in [0.717, 1.165) is 5.56 Å². The molecule has 4 heterocycles. The number of halogens is 1. The number of para-hydroxylation sites is 2. The van der Waals surface area contributed by atoms with E-state index in [1.54, 1.807) is 15.9 Å². The van der Waals surface area contributed by atoms with Gasteiger partial charge in [0.25, 0.3) is 5.91 Å². The fourth-order valence-electron chi connectivity index (χ4n) is 8.07. The fourth-order valence-corrected chi connectivity index (χ4v) is 8.39. The molecular formula is C37H36ClN3O5. The Hall–Kier alpha value is -4.24. The lowest BCUT2D eigenvalue weighted by Crippen LogP contribution is -2.57. The number of likely N-dealkylation sites (tertiary alicyclic amines) is 1. The van der Waals surface area contributed by atoms with Crippen LogP contribution < -0.4 is 9.80 Å². The summed E-state index contributed by atoms with van der Waals surface area (Å²) in [5.41, 5.74) is 0.131. The van der Waals surface area contributed by atoms with Crippen LogP contribution in [0.25, 0.3) is 0 Å². The van der Waals surface area contributed by atoms with Crippen LogP contribution in [0.3, 0.4) is 0 Å². The molecule has 3 amide bonds. The molecule has 0 radical (unpaired) electrons. The number of rotatable bonds is 6. The first kappa shape index (κ1) is 30.4. The third kappa shape index (κ3) is 4.38. The Balaban J connectivity index is 1.43. The van der Waals surface area contributed by atoms with Gasteiger partial charge in [0.1, 0.15) is 11.6 Å². The summed E-state index contributed by atoms with van der Waals surface area (Å²) >= 11 is 6.71. The van der Waals surface area contributed by atoms with Crippen LogP contribution in [0.4, 0.5) is 11.4 Å². The van der Waals surface area contributed by atoms with Crippen molar-refractivity contribution in [2.45, 2.75) is 43.6 Å². The van der Waals surface area contributed by atoms with E-state index < -0.39 is 47.6 Å². The molecule has 0 aromatic heterocycles. The number of aryl methyl sites for hydroxylation is 1. The molecule has 6 atom stereocenters. The fraction of sp³-hybridized carbons (Fsp3) is 0.324.